The maximum atomic E-state index is 13.0. The van der Waals surface area contributed by atoms with E-state index in [4.69, 9.17) is 23.2 Å². The number of nitrogens with one attached hydrogen (secondary N) is 1. The number of sulfone groups is 1. The van der Waals surface area contributed by atoms with Crippen LogP contribution in [0.4, 0.5) is 0 Å². The number of rotatable bonds is 7. The van der Waals surface area contributed by atoms with Gasteiger partial charge in [-0.1, -0.05) is 41.4 Å². The molecule has 0 aromatic heterocycles. The largest absolute Gasteiger partial charge is 0.349 e. The summed E-state index contributed by atoms with van der Waals surface area (Å²) in [6.07, 6.45) is 2.27. The molecule has 7 nitrogen and oxygen atoms in total. The number of sulfonamides is 1. The predicted molar refractivity (Wildman–Crippen MR) is 129 cm³/mol. The van der Waals surface area contributed by atoms with Gasteiger partial charge in [-0.15, -0.1) is 0 Å². The minimum atomic E-state index is -3.72. The first-order chi connectivity index (χ1) is 15.4. The molecule has 0 aliphatic carbocycles. The van der Waals surface area contributed by atoms with Crippen LogP contribution in [-0.4, -0.2) is 46.4 Å². The smallest absolute Gasteiger partial charge is 0.224 e. The van der Waals surface area contributed by atoms with Gasteiger partial charge in [-0.2, -0.15) is 0 Å². The first kappa shape index (κ1) is 26.0. The molecule has 3 rings (SSSR count). The molecule has 33 heavy (non-hydrogen) atoms. The van der Waals surface area contributed by atoms with Crippen LogP contribution in [-0.2, 0) is 30.4 Å². The van der Waals surface area contributed by atoms with Crippen molar-refractivity contribution in [1.29, 1.82) is 0 Å². The summed E-state index contributed by atoms with van der Waals surface area (Å²) in [5.41, 5.74) is 1.10. The number of amides is 1. The minimum Gasteiger partial charge on any atom is -0.349 e. The van der Waals surface area contributed by atoms with E-state index in [1.807, 2.05) is 0 Å². The topological polar surface area (TPSA) is 101 Å². The maximum absolute atomic E-state index is 13.0. The highest BCUT2D eigenvalue weighted by molar-refractivity contribution is 7.90. The Morgan fingerprint density at radius 2 is 1.70 bits per heavy atom. The van der Waals surface area contributed by atoms with E-state index >= 15 is 0 Å². The van der Waals surface area contributed by atoms with Gasteiger partial charge in [-0.25, -0.2) is 21.1 Å². The van der Waals surface area contributed by atoms with Crippen LogP contribution in [0, 0.1) is 5.92 Å². The van der Waals surface area contributed by atoms with Gasteiger partial charge < -0.3 is 5.32 Å². The second-order valence-corrected chi connectivity index (χ2v) is 13.0. The molecule has 0 saturated carbocycles. The lowest BCUT2D eigenvalue weighted by Crippen LogP contribution is -2.46. The number of benzene rings is 2. The molecule has 0 spiro atoms. The second-order valence-electron chi connectivity index (χ2n) is 8.23. The molecule has 11 heteroatoms. The molecule has 1 aliphatic heterocycles. The SMILES string of the molecule is C[C@@H](NC(=O)[C@@H]1CCCN(S(=O)(=O)Cc2c(Cl)cccc2Cl)C1)c1ccc(S(C)(=O)=O)cc1. The van der Waals surface area contributed by atoms with Crippen LogP contribution in [0.2, 0.25) is 10.0 Å². The third kappa shape index (κ3) is 6.48. The highest BCUT2D eigenvalue weighted by atomic mass is 35.5. The van der Waals surface area contributed by atoms with Crippen LogP contribution in [0.1, 0.15) is 36.9 Å². The molecular weight excluding hydrogens is 507 g/mol. The molecule has 0 bridgehead atoms. The Kier molecular flexibility index (Phi) is 8.11. The molecule has 1 N–H and O–H groups in total. The standard InChI is InChI=1S/C22H26Cl2N2O5S2/c1-15(16-8-10-18(11-9-16)32(2,28)29)25-22(27)17-5-4-12-26(13-17)33(30,31)14-19-20(23)6-3-7-21(19)24/h3,6-11,15,17H,4-5,12-14H2,1-2H3,(H,25,27)/t15-,17-/m1/s1. The Bertz CT molecular complexity index is 1210. The molecule has 2 aromatic carbocycles. The molecule has 180 valence electrons. The van der Waals surface area contributed by atoms with Crippen molar-refractivity contribution in [3.8, 4) is 0 Å². The fourth-order valence-corrected chi connectivity index (χ4v) is 6.76. The quantitative estimate of drug-likeness (QED) is 0.584. The zero-order valence-corrected chi connectivity index (χ0v) is 21.4. The maximum Gasteiger partial charge on any atom is 0.224 e. The number of hydrogen-bond donors (Lipinski definition) is 1. The lowest BCUT2D eigenvalue weighted by atomic mass is 9.98. The first-order valence-electron chi connectivity index (χ1n) is 10.4. The normalized spacial score (nSPS) is 18.6. The Morgan fingerprint density at radius 1 is 1.09 bits per heavy atom. The number of halogens is 2. The third-order valence-corrected chi connectivity index (χ3v) is 9.31. The summed E-state index contributed by atoms with van der Waals surface area (Å²) in [6, 6.07) is 10.8. The average molecular weight is 533 g/mol. The second kappa shape index (κ2) is 10.3. The van der Waals surface area contributed by atoms with Gasteiger partial charge in [0.05, 0.1) is 22.6 Å². The van der Waals surface area contributed by atoms with Crippen molar-refractivity contribution in [3.05, 3.63) is 63.6 Å². The molecule has 1 fully saturated rings. The Balaban J connectivity index is 1.66. The summed E-state index contributed by atoms with van der Waals surface area (Å²) in [6.45, 7) is 2.21. The predicted octanol–water partition coefficient (Wildman–Crippen LogP) is 3.82. The van der Waals surface area contributed by atoms with Gasteiger partial charge in [0.2, 0.25) is 15.9 Å². The fraction of sp³-hybridized carbons (Fsp3) is 0.409. The Labute approximate surface area is 205 Å². The van der Waals surface area contributed by atoms with E-state index in [0.29, 0.717) is 24.9 Å². The number of piperidine rings is 1. The minimum absolute atomic E-state index is 0.0793. The highest BCUT2D eigenvalue weighted by Crippen LogP contribution is 2.29. The van der Waals surface area contributed by atoms with Crippen molar-refractivity contribution in [2.75, 3.05) is 19.3 Å². The van der Waals surface area contributed by atoms with Gasteiger partial charge in [-0.3, -0.25) is 4.79 Å². The van der Waals surface area contributed by atoms with Crippen molar-refractivity contribution >= 4 is 49.0 Å². The molecule has 0 unspecified atom stereocenters. The zero-order valence-electron chi connectivity index (χ0n) is 18.3. The number of nitrogens with zero attached hydrogens (tertiary/aromatic N) is 1. The summed E-state index contributed by atoms with van der Waals surface area (Å²) in [5, 5.41) is 3.48. The van der Waals surface area contributed by atoms with Gasteiger partial charge in [0, 0.05) is 35.0 Å². The van der Waals surface area contributed by atoms with Crippen LogP contribution >= 0.6 is 23.2 Å². The van der Waals surface area contributed by atoms with E-state index in [1.165, 1.54) is 16.4 Å². The van der Waals surface area contributed by atoms with Crippen molar-refractivity contribution in [3.63, 3.8) is 0 Å². The molecule has 1 amide bonds. The van der Waals surface area contributed by atoms with E-state index in [0.717, 1.165) is 11.8 Å². The van der Waals surface area contributed by atoms with Crippen molar-refractivity contribution < 1.29 is 21.6 Å². The third-order valence-electron chi connectivity index (χ3n) is 5.70. The van der Waals surface area contributed by atoms with E-state index in [9.17, 15) is 21.6 Å². The van der Waals surface area contributed by atoms with E-state index < -0.39 is 25.8 Å². The van der Waals surface area contributed by atoms with E-state index in [1.54, 1.807) is 37.3 Å². The number of carbonyl (C=O) groups excluding carboxylic acids is 1. The van der Waals surface area contributed by atoms with E-state index in [2.05, 4.69) is 5.32 Å². The molecule has 1 aliphatic rings. The van der Waals surface area contributed by atoms with Gasteiger partial charge >= 0.3 is 0 Å². The Hall–Kier alpha value is -1.65. The van der Waals surface area contributed by atoms with Crippen molar-refractivity contribution in [2.45, 2.75) is 36.5 Å². The van der Waals surface area contributed by atoms with Gasteiger partial charge in [-0.05, 0) is 49.6 Å². The van der Waals surface area contributed by atoms with Gasteiger partial charge in [0.15, 0.2) is 9.84 Å². The lowest BCUT2D eigenvalue weighted by Gasteiger charge is -2.32. The summed E-state index contributed by atoms with van der Waals surface area (Å²) >= 11 is 12.3. The zero-order chi connectivity index (χ0) is 24.4. The lowest BCUT2D eigenvalue weighted by molar-refractivity contribution is -0.126. The van der Waals surface area contributed by atoms with Crippen LogP contribution in [0.3, 0.4) is 0 Å². The number of hydrogen-bond acceptors (Lipinski definition) is 5. The van der Waals surface area contributed by atoms with E-state index in [-0.39, 0.29) is 39.2 Å². The highest BCUT2D eigenvalue weighted by Gasteiger charge is 2.33. The van der Waals surface area contributed by atoms with Gasteiger partial charge in [0.25, 0.3) is 0 Å². The van der Waals surface area contributed by atoms with Crippen molar-refractivity contribution in [2.24, 2.45) is 5.92 Å². The molecule has 0 radical (unpaired) electrons. The Morgan fingerprint density at radius 3 is 2.27 bits per heavy atom. The molecule has 1 saturated heterocycles. The first-order valence-corrected chi connectivity index (χ1v) is 14.7. The average Bonchev–Trinajstić information content (AvgIpc) is 2.76. The summed E-state index contributed by atoms with van der Waals surface area (Å²) < 4.78 is 50.6. The van der Waals surface area contributed by atoms with Crippen LogP contribution in [0.25, 0.3) is 0 Å². The van der Waals surface area contributed by atoms with Gasteiger partial charge in [0.1, 0.15) is 0 Å². The molecule has 1 heterocycles. The summed E-state index contributed by atoms with van der Waals surface area (Å²) in [7, 11) is -7.02. The molecule has 2 atom stereocenters. The fourth-order valence-electron chi connectivity index (χ4n) is 3.77. The van der Waals surface area contributed by atoms with Crippen molar-refractivity contribution in [1.82, 2.24) is 9.62 Å². The number of carbonyl (C=O) groups is 1. The summed E-state index contributed by atoms with van der Waals surface area (Å²) in [5.74, 6) is -1.07. The monoisotopic (exact) mass is 532 g/mol. The molecular formula is C22H26Cl2N2O5S2. The van der Waals surface area contributed by atoms with Crippen LogP contribution in [0.15, 0.2) is 47.4 Å². The summed E-state index contributed by atoms with van der Waals surface area (Å²) in [4.78, 5) is 13.1. The van der Waals surface area contributed by atoms with Crippen LogP contribution in [0.5, 0.6) is 0 Å². The van der Waals surface area contributed by atoms with Crippen LogP contribution < -0.4 is 5.32 Å². The molecule has 2 aromatic rings.